The highest BCUT2D eigenvalue weighted by atomic mass is 79.9. The maximum absolute atomic E-state index is 12.7. The van der Waals surface area contributed by atoms with Crippen LogP contribution in [0.5, 0.6) is 0 Å². The van der Waals surface area contributed by atoms with Gasteiger partial charge in [0.25, 0.3) is 5.91 Å². The normalized spacial score (nSPS) is 17.2. The van der Waals surface area contributed by atoms with Gasteiger partial charge in [-0.1, -0.05) is 15.9 Å². The van der Waals surface area contributed by atoms with Crippen LogP contribution in [0.3, 0.4) is 0 Å². The molecule has 21 heavy (non-hydrogen) atoms. The smallest absolute Gasteiger partial charge is 0.255 e. The largest absolute Gasteiger partial charge is 0.339 e. The van der Waals surface area contributed by atoms with Gasteiger partial charge in [0.2, 0.25) is 0 Å². The molecule has 1 amide bonds. The Hall–Kier alpha value is -0.390. The SMILES string of the molecule is CC(C)N1CCC(N(C)C(=O)c2cc(Br)ccc2Br)CC1. The van der Waals surface area contributed by atoms with Gasteiger partial charge in [0.05, 0.1) is 5.56 Å². The van der Waals surface area contributed by atoms with E-state index in [9.17, 15) is 4.79 Å². The minimum absolute atomic E-state index is 0.0890. The summed E-state index contributed by atoms with van der Waals surface area (Å²) in [5.41, 5.74) is 0.721. The summed E-state index contributed by atoms with van der Waals surface area (Å²) in [6, 6.07) is 6.64. The number of likely N-dealkylation sites (tertiary alicyclic amines) is 1. The van der Waals surface area contributed by atoms with Crippen LogP contribution in [-0.2, 0) is 0 Å². The predicted molar refractivity (Wildman–Crippen MR) is 93.7 cm³/mol. The van der Waals surface area contributed by atoms with Gasteiger partial charge in [-0.15, -0.1) is 0 Å². The van der Waals surface area contributed by atoms with Gasteiger partial charge >= 0.3 is 0 Å². The van der Waals surface area contributed by atoms with Crippen LogP contribution in [0.2, 0.25) is 0 Å². The number of piperidine rings is 1. The number of nitrogens with zero attached hydrogens (tertiary/aromatic N) is 2. The van der Waals surface area contributed by atoms with E-state index >= 15 is 0 Å². The van der Waals surface area contributed by atoms with Crippen LogP contribution in [0.25, 0.3) is 0 Å². The standard InChI is InChI=1S/C16H22Br2N2O/c1-11(2)20-8-6-13(7-9-20)19(3)16(21)14-10-12(17)4-5-15(14)18/h4-5,10-11,13H,6-9H2,1-3H3. The fraction of sp³-hybridized carbons (Fsp3) is 0.562. The highest BCUT2D eigenvalue weighted by Crippen LogP contribution is 2.25. The van der Waals surface area contributed by atoms with E-state index in [1.54, 1.807) is 0 Å². The molecule has 1 heterocycles. The summed E-state index contributed by atoms with van der Waals surface area (Å²) in [7, 11) is 1.92. The van der Waals surface area contributed by atoms with Crippen molar-refractivity contribution in [2.45, 2.75) is 38.8 Å². The van der Waals surface area contributed by atoms with Crippen LogP contribution in [0.15, 0.2) is 27.1 Å². The van der Waals surface area contributed by atoms with Crippen LogP contribution in [0, 0.1) is 0 Å². The van der Waals surface area contributed by atoms with Crippen molar-refractivity contribution in [2.75, 3.05) is 20.1 Å². The molecule has 0 aliphatic carbocycles. The van der Waals surface area contributed by atoms with Crippen LogP contribution in [-0.4, -0.2) is 47.9 Å². The third-order valence-corrected chi connectivity index (χ3v) is 5.44. The van der Waals surface area contributed by atoms with Gasteiger partial charge in [0.15, 0.2) is 0 Å². The average molecular weight is 418 g/mol. The third kappa shape index (κ3) is 4.08. The second-order valence-electron chi connectivity index (χ2n) is 5.90. The van der Waals surface area contributed by atoms with Gasteiger partial charge in [-0.2, -0.15) is 0 Å². The summed E-state index contributed by atoms with van der Waals surface area (Å²) < 4.78 is 1.78. The Morgan fingerprint density at radius 2 is 1.90 bits per heavy atom. The van der Waals surface area contributed by atoms with Crippen molar-refractivity contribution < 1.29 is 4.79 Å². The number of carbonyl (C=O) groups is 1. The molecular formula is C16H22Br2N2O. The first-order chi connectivity index (χ1) is 9.90. The van der Waals surface area contributed by atoms with E-state index in [1.807, 2.05) is 30.1 Å². The molecule has 1 fully saturated rings. The van der Waals surface area contributed by atoms with E-state index in [0.717, 1.165) is 40.4 Å². The van der Waals surface area contributed by atoms with Gasteiger partial charge in [0, 0.05) is 41.2 Å². The van der Waals surface area contributed by atoms with Gasteiger partial charge in [-0.25, -0.2) is 0 Å². The van der Waals surface area contributed by atoms with Gasteiger partial charge in [-0.05, 0) is 60.8 Å². The molecule has 0 spiro atoms. The molecular weight excluding hydrogens is 396 g/mol. The van der Waals surface area contributed by atoms with Gasteiger partial charge < -0.3 is 9.80 Å². The Morgan fingerprint density at radius 3 is 2.48 bits per heavy atom. The van der Waals surface area contributed by atoms with E-state index in [2.05, 4.69) is 50.6 Å². The Morgan fingerprint density at radius 1 is 1.29 bits per heavy atom. The van der Waals surface area contributed by atoms with Crippen LogP contribution in [0.1, 0.15) is 37.0 Å². The minimum Gasteiger partial charge on any atom is -0.339 e. The first-order valence-electron chi connectivity index (χ1n) is 7.36. The van der Waals surface area contributed by atoms with Crippen LogP contribution in [0.4, 0.5) is 0 Å². The monoisotopic (exact) mass is 416 g/mol. The Labute approximate surface area is 143 Å². The molecule has 0 saturated carbocycles. The lowest BCUT2D eigenvalue weighted by Crippen LogP contribution is -2.47. The predicted octanol–water partition coefficient (Wildman–Crippen LogP) is 4.16. The van der Waals surface area contributed by atoms with Crippen molar-refractivity contribution in [3.8, 4) is 0 Å². The van der Waals surface area contributed by atoms with Crippen molar-refractivity contribution in [2.24, 2.45) is 0 Å². The highest BCUT2D eigenvalue weighted by molar-refractivity contribution is 9.11. The lowest BCUT2D eigenvalue weighted by molar-refractivity contribution is 0.0614. The van der Waals surface area contributed by atoms with E-state index in [0.29, 0.717) is 12.1 Å². The summed E-state index contributed by atoms with van der Waals surface area (Å²) in [6.07, 6.45) is 2.10. The molecule has 1 aliphatic heterocycles. The lowest BCUT2D eigenvalue weighted by Gasteiger charge is -2.38. The molecule has 1 aliphatic rings. The molecule has 0 radical (unpaired) electrons. The van der Waals surface area contributed by atoms with E-state index in [1.165, 1.54) is 0 Å². The fourth-order valence-electron chi connectivity index (χ4n) is 2.81. The fourth-order valence-corrected chi connectivity index (χ4v) is 3.58. The number of halogens is 2. The number of benzene rings is 1. The van der Waals surface area contributed by atoms with Gasteiger partial charge in [0.1, 0.15) is 0 Å². The summed E-state index contributed by atoms with van der Waals surface area (Å²) in [4.78, 5) is 17.1. The summed E-state index contributed by atoms with van der Waals surface area (Å²) in [6.45, 7) is 6.60. The molecule has 0 bridgehead atoms. The number of rotatable bonds is 3. The van der Waals surface area contributed by atoms with Crippen molar-refractivity contribution in [1.29, 1.82) is 0 Å². The Bertz CT molecular complexity index is 511. The topological polar surface area (TPSA) is 23.6 Å². The zero-order valence-corrected chi connectivity index (χ0v) is 15.9. The zero-order valence-electron chi connectivity index (χ0n) is 12.8. The average Bonchev–Trinajstić information content (AvgIpc) is 2.48. The molecule has 2 rings (SSSR count). The number of hydrogen-bond donors (Lipinski definition) is 0. The van der Waals surface area contributed by atoms with E-state index < -0.39 is 0 Å². The van der Waals surface area contributed by atoms with Gasteiger partial charge in [-0.3, -0.25) is 4.79 Å². The molecule has 0 unspecified atom stereocenters. The lowest BCUT2D eigenvalue weighted by atomic mass is 10.0. The molecule has 0 atom stereocenters. The highest BCUT2D eigenvalue weighted by Gasteiger charge is 2.27. The molecule has 3 nitrogen and oxygen atoms in total. The first kappa shape index (κ1) is 17.0. The third-order valence-electron chi connectivity index (χ3n) is 4.26. The minimum atomic E-state index is 0.0890. The summed E-state index contributed by atoms with van der Waals surface area (Å²) in [5, 5.41) is 0. The quantitative estimate of drug-likeness (QED) is 0.737. The summed E-state index contributed by atoms with van der Waals surface area (Å²) >= 11 is 6.91. The molecule has 0 aromatic heterocycles. The molecule has 5 heteroatoms. The van der Waals surface area contributed by atoms with Crippen LogP contribution < -0.4 is 0 Å². The molecule has 1 aromatic rings. The number of amides is 1. The second kappa shape index (κ2) is 7.25. The molecule has 116 valence electrons. The van der Waals surface area contributed by atoms with E-state index in [-0.39, 0.29) is 5.91 Å². The number of carbonyl (C=O) groups excluding carboxylic acids is 1. The molecule has 1 aromatic carbocycles. The van der Waals surface area contributed by atoms with E-state index in [4.69, 9.17) is 0 Å². The zero-order chi connectivity index (χ0) is 15.6. The van der Waals surface area contributed by atoms with Crippen LogP contribution >= 0.6 is 31.9 Å². The number of hydrogen-bond acceptors (Lipinski definition) is 2. The summed E-state index contributed by atoms with van der Waals surface area (Å²) in [5.74, 6) is 0.0890. The second-order valence-corrected chi connectivity index (χ2v) is 7.67. The van der Waals surface area contributed by atoms with Crippen molar-refractivity contribution >= 4 is 37.8 Å². The van der Waals surface area contributed by atoms with Crippen molar-refractivity contribution in [3.05, 3.63) is 32.7 Å². The Balaban J connectivity index is 2.05. The Kier molecular flexibility index (Phi) is 5.86. The molecule has 0 N–H and O–H groups in total. The van der Waals surface area contributed by atoms with Crippen molar-refractivity contribution in [3.63, 3.8) is 0 Å². The maximum Gasteiger partial charge on any atom is 0.255 e. The molecule has 1 saturated heterocycles. The maximum atomic E-state index is 12.7. The van der Waals surface area contributed by atoms with Crippen molar-refractivity contribution in [1.82, 2.24) is 9.80 Å². The first-order valence-corrected chi connectivity index (χ1v) is 8.95.